The van der Waals surface area contributed by atoms with Crippen LogP contribution in [0.3, 0.4) is 0 Å². The largest absolute Gasteiger partial charge is 0.370 e. The smallest absolute Gasteiger partial charge is 0.150 e. The lowest BCUT2D eigenvalue weighted by atomic mass is 10.2. The Kier molecular flexibility index (Phi) is 3.78. The Balaban J connectivity index is 1.85. The zero-order valence-corrected chi connectivity index (χ0v) is 12.1. The van der Waals surface area contributed by atoms with Gasteiger partial charge in [0.2, 0.25) is 0 Å². The van der Waals surface area contributed by atoms with Gasteiger partial charge in [-0.2, -0.15) is 0 Å². The standard InChI is InChI=1S/C15H16N4S/c1-2-16-14-10-12(5-6-17-14)11-19-8-7-18-15(19)13-4-3-9-20-13/h3-10H,2,11H2,1H3,(H,16,17). The molecule has 0 unspecified atom stereocenters. The molecule has 4 nitrogen and oxygen atoms in total. The van der Waals surface area contributed by atoms with Crippen LogP contribution < -0.4 is 5.32 Å². The van der Waals surface area contributed by atoms with Crippen LogP contribution >= 0.6 is 11.3 Å². The molecule has 3 aromatic heterocycles. The second kappa shape index (κ2) is 5.88. The summed E-state index contributed by atoms with van der Waals surface area (Å²) in [7, 11) is 0. The molecule has 102 valence electrons. The highest BCUT2D eigenvalue weighted by atomic mass is 32.1. The van der Waals surface area contributed by atoms with Crippen LogP contribution in [0.1, 0.15) is 12.5 Å². The van der Waals surface area contributed by atoms with Gasteiger partial charge >= 0.3 is 0 Å². The van der Waals surface area contributed by atoms with Crippen LogP contribution in [0.5, 0.6) is 0 Å². The van der Waals surface area contributed by atoms with Crippen molar-refractivity contribution >= 4 is 17.2 Å². The quantitative estimate of drug-likeness (QED) is 0.780. The molecule has 3 rings (SSSR count). The predicted octanol–water partition coefficient (Wildman–Crippen LogP) is 3.49. The van der Waals surface area contributed by atoms with E-state index in [2.05, 4.69) is 50.4 Å². The number of hydrogen-bond donors (Lipinski definition) is 1. The first-order valence-electron chi connectivity index (χ1n) is 6.60. The average Bonchev–Trinajstić information content (AvgIpc) is 3.10. The van der Waals surface area contributed by atoms with Crippen molar-refractivity contribution in [1.29, 1.82) is 0 Å². The summed E-state index contributed by atoms with van der Waals surface area (Å²) in [5, 5.41) is 5.31. The van der Waals surface area contributed by atoms with Gasteiger partial charge in [0.25, 0.3) is 0 Å². The highest BCUT2D eigenvalue weighted by Crippen LogP contribution is 2.23. The van der Waals surface area contributed by atoms with Gasteiger partial charge in [0.05, 0.1) is 4.88 Å². The zero-order valence-electron chi connectivity index (χ0n) is 11.3. The number of aromatic nitrogens is 3. The summed E-state index contributed by atoms with van der Waals surface area (Å²) in [4.78, 5) is 9.94. The summed E-state index contributed by atoms with van der Waals surface area (Å²) < 4.78 is 2.16. The second-order valence-corrected chi connectivity index (χ2v) is 5.38. The maximum Gasteiger partial charge on any atom is 0.150 e. The number of pyridine rings is 1. The monoisotopic (exact) mass is 284 g/mol. The Hall–Kier alpha value is -2.14. The molecule has 0 amide bonds. The van der Waals surface area contributed by atoms with Gasteiger partial charge in [-0.3, -0.25) is 0 Å². The summed E-state index contributed by atoms with van der Waals surface area (Å²) in [6, 6.07) is 8.27. The van der Waals surface area contributed by atoms with Crippen LogP contribution in [-0.2, 0) is 6.54 Å². The van der Waals surface area contributed by atoms with Crippen molar-refractivity contribution in [2.75, 3.05) is 11.9 Å². The number of thiophene rings is 1. The van der Waals surface area contributed by atoms with E-state index in [1.807, 2.05) is 24.7 Å². The van der Waals surface area contributed by atoms with Crippen molar-refractivity contribution in [3.05, 3.63) is 53.8 Å². The first-order valence-corrected chi connectivity index (χ1v) is 7.48. The van der Waals surface area contributed by atoms with Gasteiger partial charge in [-0.1, -0.05) is 6.07 Å². The predicted molar refractivity (Wildman–Crippen MR) is 83.0 cm³/mol. The normalized spacial score (nSPS) is 10.7. The topological polar surface area (TPSA) is 42.7 Å². The molecule has 0 saturated carbocycles. The van der Waals surface area contributed by atoms with E-state index in [-0.39, 0.29) is 0 Å². The summed E-state index contributed by atoms with van der Waals surface area (Å²) in [6.45, 7) is 3.75. The molecule has 0 aliphatic rings. The molecule has 0 aliphatic heterocycles. The van der Waals surface area contributed by atoms with Crippen LogP contribution in [0, 0.1) is 0 Å². The van der Waals surface area contributed by atoms with E-state index in [9.17, 15) is 0 Å². The molecule has 0 spiro atoms. The second-order valence-electron chi connectivity index (χ2n) is 4.44. The van der Waals surface area contributed by atoms with Crippen molar-refractivity contribution < 1.29 is 0 Å². The van der Waals surface area contributed by atoms with Gasteiger partial charge in [-0.15, -0.1) is 11.3 Å². The molecule has 0 fully saturated rings. The van der Waals surface area contributed by atoms with Gasteiger partial charge < -0.3 is 9.88 Å². The van der Waals surface area contributed by atoms with Gasteiger partial charge in [0, 0.05) is 31.7 Å². The van der Waals surface area contributed by atoms with Crippen molar-refractivity contribution in [2.24, 2.45) is 0 Å². The lowest BCUT2D eigenvalue weighted by molar-refractivity contribution is 0.807. The number of nitrogens with zero attached hydrogens (tertiary/aromatic N) is 3. The van der Waals surface area contributed by atoms with Crippen LogP contribution in [0.2, 0.25) is 0 Å². The lowest BCUT2D eigenvalue weighted by Crippen LogP contribution is -2.03. The third-order valence-electron chi connectivity index (χ3n) is 2.99. The molecule has 0 aliphatic carbocycles. The third kappa shape index (κ3) is 2.72. The Morgan fingerprint density at radius 3 is 3.00 bits per heavy atom. The highest BCUT2D eigenvalue weighted by Gasteiger charge is 2.07. The molecule has 0 bridgehead atoms. The highest BCUT2D eigenvalue weighted by molar-refractivity contribution is 7.13. The first-order chi connectivity index (χ1) is 9.86. The maximum absolute atomic E-state index is 4.46. The van der Waals surface area contributed by atoms with Crippen LogP contribution in [0.4, 0.5) is 5.82 Å². The number of anilines is 1. The molecular formula is C15H16N4S. The number of nitrogens with one attached hydrogen (secondary N) is 1. The van der Waals surface area contributed by atoms with Gasteiger partial charge in [0.1, 0.15) is 11.6 Å². The van der Waals surface area contributed by atoms with Crippen molar-refractivity contribution in [3.8, 4) is 10.7 Å². The van der Waals surface area contributed by atoms with E-state index < -0.39 is 0 Å². The SMILES string of the molecule is CCNc1cc(Cn2ccnc2-c2cccs2)ccn1. The van der Waals surface area contributed by atoms with Crippen LogP contribution in [0.15, 0.2) is 48.2 Å². The fourth-order valence-corrected chi connectivity index (χ4v) is 2.85. The molecule has 5 heteroatoms. The van der Waals surface area contributed by atoms with E-state index in [0.29, 0.717) is 0 Å². The average molecular weight is 284 g/mol. The number of hydrogen-bond acceptors (Lipinski definition) is 4. The fourth-order valence-electron chi connectivity index (χ4n) is 2.11. The van der Waals surface area contributed by atoms with Gasteiger partial charge in [-0.25, -0.2) is 9.97 Å². The molecule has 3 heterocycles. The Morgan fingerprint density at radius 2 is 2.20 bits per heavy atom. The minimum Gasteiger partial charge on any atom is -0.370 e. The lowest BCUT2D eigenvalue weighted by Gasteiger charge is -2.08. The summed E-state index contributed by atoms with van der Waals surface area (Å²) >= 11 is 1.71. The Morgan fingerprint density at radius 1 is 1.25 bits per heavy atom. The van der Waals surface area contributed by atoms with Gasteiger partial charge in [-0.05, 0) is 36.1 Å². The molecule has 20 heavy (non-hydrogen) atoms. The van der Waals surface area contributed by atoms with E-state index in [1.54, 1.807) is 11.3 Å². The minimum absolute atomic E-state index is 0.800. The first kappa shape index (κ1) is 12.9. The van der Waals surface area contributed by atoms with E-state index in [0.717, 1.165) is 24.7 Å². The molecule has 0 saturated heterocycles. The molecule has 1 N–H and O–H groups in total. The van der Waals surface area contributed by atoms with Crippen molar-refractivity contribution in [3.63, 3.8) is 0 Å². The van der Waals surface area contributed by atoms with Crippen LogP contribution in [-0.4, -0.2) is 21.1 Å². The molecule has 3 aromatic rings. The maximum atomic E-state index is 4.46. The molecule has 0 atom stereocenters. The Bertz CT molecular complexity index is 673. The zero-order chi connectivity index (χ0) is 13.8. The fraction of sp³-hybridized carbons (Fsp3) is 0.200. The Labute approximate surface area is 122 Å². The molecule has 0 radical (unpaired) electrons. The van der Waals surface area contributed by atoms with E-state index >= 15 is 0 Å². The van der Waals surface area contributed by atoms with Gasteiger partial charge in [0.15, 0.2) is 0 Å². The molecule has 0 aromatic carbocycles. The number of rotatable bonds is 5. The van der Waals surface area contributed by atoms with Crippen molar-refractivity contribution in [2.45, 2.75) is 13.5 Å². The van der Waals surface area contributed by atoms with Crippen molar-refractivity contribution in [1.82, 2.24) is 14.5 Å². The minimum atomic E-state index is 0.800. The summed E-state index contributed by atoms with van der Waals surface area (Å²) in [6.07, 6.45) is 5.71. The summed E-state index contributed by atoms with van der Waals surface area (Å²) in [5.74, 6) is 1.93. The summed E-state index contributed by atoms with van der Waals surface area (Å²) in [5.41, 5.74) is 1.21. The molecular weight excluding hydrogens is 268 g/mol. The van der Waals surface area contributed by atoms with E-state index in [1.165, 1.54) is 10.4 Å². The third-order valence-corrected chi connectivity index (χ3v) is 3.86. The van der Waals surface area contributed by atoms with E-state index in [4.69, 9.17) is 0 Å². The number of imidazole rings is 1. The van der Waals surface area contributed by atoms with Crippen LogP contribution in [0.25, 0.3) is 10.7 Å².